The Morgan fingerprint density at radius 3 is 2.81 bits per heavy atom. The lowest BCUT2D eigenvalue weighted by Crippen LogP contribution is -2.33. The number of ether oxygens (including phenoxy) is 1. The van der Waals surface area contributed by atoms with Crippen LogP contribution in [0.3, 0.4) is 0 Å². The lowest BCUT2D eigenvalue weighted by atomic mass is 9.97. The van der Waals surface area contributed by atoms with Crippen LogP contribution in [0, 0.1) is 0 Å². The first-order chi connectivity index (χ1) is 15.1. The van der Waals surface area contributed by atoms with Crippen molar-refractivity contribution in [3.8, 4) is 11.4 Å². The highest BCUT2D eigenvalue weighted by molar-refractivity contribution is 5.90. The number of rotatable bonds is 4. The maximum Gasteiger partial charge on any atom is 0.414 e. The molecule has 0 radical (unpaired) electrons. The van der Waals surface area contributed by atoms with Crippen LogP contribution in [0.25, 0.3) is 11.4 Å². The molecule has 2 aromatic heterocycles. The third-order valence-electron chi connectivity index (χ3n) is 5.80. The van der Waals surface area contributed by atoms with Crippen molar-refractivity contribution in [2.24, 2.45) is 0 Å². The molecule has 8 heteroatoms. The fourth-order valence-corrected chi connectivity index (χ4v) is 4.19. The molecule has 1 aromatic carbocycles. The first-order valence-corrected chi connectivity index (χ1v) is 10.5. The number of nitrogens with zero attached hydrogens (tertiary/aromatic N) is 4. The van der Waals surface area contributed by atoms with Crippen LogP contribution in [0.1, 0.15) is 23.7 Å². The zero-order valence-corrected chi connectivity index (χ0v) is 17.3. The number of aromatic amines is 1. The fourth-order valence-electron chi connectivity index (χ4n) is 4.19. The number of carbonyl (C=O) groups excluding carboxylic acids is 1. The van der Waals surface area contributed by atoms with E-state index in [0.717, 1.165) is 42.3 Å². The van der Waals surface area contributed by atoms with E-state index in [0.29, 0.717) is 25.4 Å². The number of fused-ring (bicyclic) bond motifs is 1. The van der Waals surface area contributed by atoms with Crippen LogP contribution in [0.4, 0.5) is 16.3 Å². The molecule has 0 aliphatic carbocycles. The summed E-state index contributed by atoms with van der Waals surface area (Å²) in [6, 6.07) is 11.5. The minimum Gasteiger partial charge on any atom is -0.447 e. The number of carbonyl (C=O) groups is 1. The van der Waals surface area contributed by atoms with Gasteiger partial charge in [0.1, 0.15) is 18.2 Å². The summed E-state index contributed by atoms with van der Waals surface area (Å²) >= 11 is 0. The van der Waals surface area contributed by atoms with Crippen LogP contribution in [0.5, 0.6) is 0 Å². The molecular formula is C23H23N5O3. The van der Waals surface area contributed by atoms with Gasteiger partial charge < -0.3 is 14.6 Å². The number of nitrogens with one attached hydrogen (secondary N) is 1. The third kappa shape index (κ3) is 3.65. The maximum absolute atomic E-state index is 12.0. The molecule has 0 unspecified atom stereocenters. The standard InChI is InChI=1S/C23H23N5O3/c1-2-17-12-21(29)26-22(25-17)15-6-7-20(24-13-15)27-9-8-18-16(14-27)4-3-5-19(18)28-10-11-31-23(28)30/h3-7,12-13H,2,8-11,14H2,1H3,(H,25,26,29). The highest BCUT2D eigenvalue weighted by Crippen LogP contribution is 2.32. The zero-order chi connectivity index (χ0) is 21.4. The number of H-pyrrole nitrogens is 1. The van der Waals surface area contributed by atoms with E-state index in [1.165, 1.54) is 17.2 Å². The quantitative estimate of drug-likeness (QED) is 0.702. The van der Waals surface area contributed by atoms with Gasteiger partial charge in [0.15, 0.2) is 0 Å². The molecular weight excluding hydrogens is 394 g/mol. The molecule has 3 aromatic rings. The summed E-state index contributed by atoms with van der Waals surface area (Å²) in [6.07, 6.45) is 3.00. The maximum atomic E-state index is 12.0. The number of anilines is 2. The summed E-state index contributed by atoms with van der Waals surface area (Å²) in [7, 11) is 0. The van der Waals surface area contributed by atoms with E-state index >= 15 is 0 Å². The smallest absolute Gasteiger partial charge is 0.414 e. The van der Waals surface area contributed by atoms with Crippen LogP contribution in [-0.2, 0) is 24.1 Å². The van der Waals surface area contributed by atoms with E-state index in [9.17, 15) is 9.59 Å². The predicted molar refractivity (Wildman–Crippen MR) is 117 cm³/mol. The summed E-state index contributed by atoms with van der Waals surface area (Å²) in [4.78, 5) is 39.7. The van der Waals surface area contributed by atoms with Gasteiger partial charge in [0.2, 0.25) is 0 Å². The Hall–Kier alpha value is -3.68. The molecule has 2 aliphatic heterocycles. The molecule has 4 heterocycles. The minimum absolute atomic E-state index is 0.156. The first-order valence-electron chi connectivity index (χ1n) is 10.5. The van der Waals surface area contributed by atoms with Gasteiger partial charge in [-0.2, -0.15) is 0 Å². The fraction of sp³-hybridized carbons (Fsp3) is 0.304. The SMILES string of the molecule is CCc1cc(=O)[nH]c(-c2ccc(N3CCc4c(cccc4N4CCOC4=O)C3)nc2)n1. The van der Waals surface area contributed by atoms with E-state index in [1.54, 1.807) is 11.1 Å². The molecule has 2 aliphatic rings. The van der Waals surface area contributed by atoms with Gasteiger partial charge in [-0.25, -0.2) is 14.8 Å². The number of amides is 1. The number of cyclic esters (lactones) is 1. The molecule has 5 rings (SSSR count). The van der Waals surface area contributed by atoms with Crippen molar-refractivity contribution in [1.29, 1.82) is 0 Å². The van der Waals surface area contributed by atoms with Crippen LogP contribution in [0.2, 0.25) is 0 Å². The van der Waals surface area contributed by atoms with Gasteiger partial charge in [-0.3, -0.25) is 9.69 Å². The number of aryl methyl sites for hydroxylation is 1. The second-order valence-corrected chi connectivity index (χ2v) is 7.70. The number of benzene rings is 1. The lowest BCUT2D eigenvalue weighted by molar-refractivity contribution is 0.181. The second-order valence-electron chi connectivity index (χ2n) is 7.70. The molecule has 1 saturated heterocycles. The average molecular weight is 417 g/mol. The summed E-state index contributed by atoms with van der Waals surface area (Å²) in [5, 5.41) is 0. The summed E-state index contributed by atoms with van der Waals surface area (Å²) < 4.78 is 5.11. The number of aromatic nitrogens is 3. The largest absolute Gasteiger partial charge is 0.447 e. The molecule has 158 valence electrons. The normalized spacial score (nSPS) is 15.7. The summed E-state index contributed by atoms with van der Waals surface area (Å²) in [6.45, 7) is 4.53. The van der Waals surface area contributed by atoms with Gasteiger partial charge in [0, 0.05) is 36.6 Å². The minimum atomic E-state index is -0.271. The topological polar surface area (TPSA) is 91.4 Å². The van der Waals surface area contributed by atoms with Gasteiger partial charge in [0.05, 0.1) is 12.2 Å². The van der Waals surface area contributed by atoms with Crippen molar-refractivity contribution in [2.75, 3.05) is 29.5 Å². The van der Waals surface area contributed by atoms with Crippen molar-refractivity contribution < 1.29 is 9.53 Å². The summed E-state index contributed by atoms with van der Waals surface area (Å²) in [5.41, 5.74) is 4.73. The van der Waals surface area contributed by atoms with E-state index in [1.807, 2.05) is 31.2 Å². The Labute approximate surface area is 179 Å². The van der Waals surface area contributed by atoms with Crippen LogP contribution in [0.15, 0.2) is 47.4 Å². The highest BCUT2D eigenvalue weighted by Gasteiger charge is 2.28. The average Bonchev–Trinajstić information content (AvgIpc) is 3.23. The van der Waals surface area contributed by atoms with Crippen molar-refractivity contribution in [1.82, 2.24) is 15.0 Å². The third-order valence-corrected chi connectivity index (χ3v) is 5.80. The van der Waals surface area contributed by atoms with E-state index < -0.39 is 0 Å². The van der Waals surface area contributed by atoms with Gasteiger partial charge in [-0.1, -0.05) is 19.1 Å². The van der Waals surface area contributed by atoms with Crippen molar-refractivity contribution in [3.63, 3.8) is 0 Å². The molecule has 1 N–H and O–H groups in total. The number of hydrogen-bond donors (Lipinski definition) is 1. The van der Waals surface area contributed by atoms with Gasteiger partial charge >= 0.3 is 6.09 Å². The molecule has 0 atom stereocenters. The molecule has 31 heavy (non-hydrogen) atoms. The number of hydrogen-bond acceptors (Lipinski definition) is 6. The van der Waals surface area contributed by atoms with Crippen LogP contribution >= 0.6 is 0 Å². The van der Waals surface area contributed by atoms with Crippen molar-refractivity contribution >= 4 is 17.6 Å². The number of pyridine rings is 1. The van der Waals surface area contributed by atoms with E-state index in [-0.39, 0.29) is 11.7 Å². The highest BCUT2D eigenvalue weighted by atomic mass is 16.6. The summed E-state index contributed by atoms with van der Waals surface area (Å²) in [5.74, 6) is 1.41. The molecule has 8 nitrogen and oxygen atoms in total. The van der Waals surface area contributed by atoms with Gasteiger partial charge in [0.25, 0.3) is 5.56 Å². The van der Waals surface area contributed by atoms with Crippen molar-refractivity contribution in [2.45, 2.75) is 26.3 Å². The van der Waals surface area contributed by atoms with Gasteiger partial charge in [-0.05, 0) is 42.2 Å². The Kier molecular flexibility index (Phi) is 4.89. The first kappa shape index (κ1) is 19.3. The molecule has 0 saturated carbocycles. The van der Waals surface area contributed by atoms with Crippen LogP contribution < -0.4 is 15.4 Å². The molecule has 0 bridgehead atoms. The van der Waals surface area contributed by atoms with E-state index in [4.69, 9.17) is 4.74 Å². The molecule has 1 amide bonds. The lowest BCUT2D eigenvalue weighted by Gasteiger charge is -2.32. The zero-order valence-electron chi connectivity index (χ0n) is 17.3. The van der Waals surface area contributed by atoms with Crippen molar-refractivity contribution in [3.05, 3.63) is 69.8 Å². The Morgan fingerprint density at radius 2 is 2.06 bits per heavy atom. The Balaban J connectivity index is 1.38. The Bertz CT molecular complexity index is 1190. The molecule has 1 fully saturated rings. The van der Waals surface area contributed by atoms with Gasteiger partial charge in [-0.15, -0.1) is 0 Å². The predicted octanol–water partition coefficient (Wildman–Crippen LogP) is 2.91. The molecule has 0 spiro atoms. The Morgan fingerprint density at radius 1 is 1.16 bits per heavy atom. The second kappa shape index (κ2) is 7.86. The van der Waals surface area contributed by atoms with E-state index in [2.05, 4.69) is 25.9 Å². The monoisotopic (exact) mass is 417 g/mol. The van der Waals surface area contributed by atoms with Crippen LogP contribution in [-0.4, -0.2) is 40.7 Å².